The number of nitrogens with one attached hydrogen (secondary N) is 1. The summed E-state index contributed by atoms with van der Waals surface area (Å²) in [4.78, 5) is 4.97. The van der Waals surface area contributed by atoms with Crippen LogP contribution in [-0.2, 0) is 29.2 Å². The van der Waals surface area contributed by atoms with Gasteiger partial charge in [0.2, 0.25) is 9.84 Å². The summed E-state index contributed by atoms with van der Waals surface area (Å²) < 4.78 is 28.4. The number of hydrogen-bond acceptors (Lipinski definition) is 5. The number of sulfone groups is 1. The number of aryl methyl sites for hydroxylation is 2. The molecule has 1 aromatic carbocycles. The quantitative estimate of drug-likeness (QED) is 0.744. The van der Waals surface area contributed by atoms with E-state index < -0.39 is 9.84 Å². The van der Waals surface area contributed by atoms with Gasteiger partial charge in [-0.05, 0) is 31.5 Å². The third-order valence-corrected chi connectivity index (χ3v) is 6.82. The topological polar surface area (TPSA) is 76.4 Å². The Kier molecular flexibility index (Phi) is 4.25. The van der Waals surface area contributed by atoms with Gasteiger partial charge in [0.1, 0.15) is 4.90 Å². The van der Waals surface area contributed by atoms with Gasteiger partial charge >= 0.3 is 0 Å². The highest BCUT2D eigenvalue weighted by molar-refractivity contribution is 7.91. The molecule has 8 heteroatoms. The van der Waals surface area contributed by atoms with E-state index in [1.807, 2.05) is 13.8 Å². The van der Waals surface area contributed by atoms with Crippen molar-refractivity contribution in [3.05, 3.63) is 51.9 Å². The van der Waals surface area contributed by atoms with Crippen molar-refractivity contribution in [3.8, 4) is 0 Å². The number of hydrogen-bond donors (Lipinski definition) is 1. The average Bonchev–Trinajstić information content (AvgIpc) is 3.01. The van der Waals surface area contributed by atoms with Gasteiger partial charge in [-0.1, -0.05) is 24.6 Å². The molecule has 2 aromatic heterocycles. The molecule has 1 aliphatic rings. The van der Waals surface area contributed by atoms with Crippen molar-refractivity contribution in [2.75, 3.05) is 6.54 Å². The lowest BCUT2D eigenvalue weighted by molar-refractivity contribution is 0.595. The molecule has 0 fully saturated rings. The van der Waals surface area contributed by atoms with E-state index in [-0.39, 0.29) is 9.79 Å². The molecule has 6 nitrogen and oxygen atoms in total. The van der Waals surface area contributed by atoms with Gasteiger partial charge in [0.25, 0.3) is 0 Å². The van der Waals surface area contributed by atoms with E-state index in [1.165, 1.54) is 6.07 Å². The van der Waals surface area contributed by atoms with Crippen LogP contribution in [0.4, 0.5) is 0 Å². The first-order valence-corrected chi connectivity index (χ1v) is 10.4. The molecule has 0 saturated heterocycles. The van der Waals surface area contributed by atoms with Gasteiger partial charge < -0.3 is 5.32 Å². The molecule has 136 valence electrons. The molecule has 0 atom stereocenters. The Bertz CT molecular complexity index is 1120. The molecule has 0 saturated carbocycles. The fourth-order valence-electron chi connectivity index (χ4n) is 3.45. The third kappa shape index (κ3) is 2.62. The van der Waals surface area contributed by atoms with E-state index in [9.17, 15) is 8.42 Å². The molecule has 26 heavy (non-hydrogen) atoms. The van der Waals surface area contributed by atoms with Crippen molar-refractivity contribution >= 4 is 27.1 Å². The Balaban J connectivity index is 2.05. The Morgan fingerprint density at radius 2 is 2.15 bits per heavy atom. The summed E-state index contributed by atoms with van der Waals surface area (Å²) in [6.45, 7) is 5.38. The lowest BCUT2D eigenvalue weighted by Gasteiger charge is -2.19. The number of nitrogens with zero attached hydrogens (tertiary/aromatic N) is 3. The van der Waals surface area contributed by atoms with E-state index in [0.717, 1.165) is 36.5 Å². The molecule has 3 heterocycles. The molecule has 0 radical (unpaired) electrons. The molecule has 0 unspecified atom stereocenters. The van der Waals surface area contributed by atoms with Crippen LogP contribution in [0, 0.1) is 6.92 Å². The van der Waals surface area contributed by atoms with E-state index >= 15 is 0 Å². The Labute approximate surface area is 157 Å². The summed E-state index contributed by atoms with van der Waals surface area (Å²) in [6, 6.07) is 6.32. The Morgan fingerprint density at radius 1 is 1.35 bits per heavy atom. The molecular formula is C18H19ClN4O2S. The molecular weight excluding hydrogens is 372 g/mol. The zero-order chi connectivity index (χ0) is 18.5. The number of aromatic nitrogens is 3. The van der Waals surface area contributed by atoms with Crippen LogP contribution in [0.25, 0.3) is 5.65 Å². The van der Waals surface area contributed by atoms with Crippen molar-refractivity contribution in [1.82, 2.24) is 19.9 Å². The predicted molar refractivity (Wildman–Crippen MR) is 99.4 cm³/mol. The van der Waals surface area contributed by atoms with Crippen molar-refractivity contribution in [1.29, 1.82) is 0 Å². The SMILES string of the molecule is CCc1nn2c3c(c(C)nc2c1S(=O)(=O)c1cccc(Cl)c1)CNCC3. The maximum Gasteiger partial charge on any atom is 0.212 e. The Morgan fingerprint density at radius 3 is 2.88 bits per heavy atom. The van der Waals surface area contributed by atoms with Crippen molar-refractivity contribution in [3.63, 3.8) is 0 Å². The summed E-state index contributed by atoms with van der Waals surface area (Å²) in [7, 11) is -3.78. The smallest absolute Gasteiger partial charge is 0.212 e. The third-order valence-electron chi connectivity index (χ3n) is 4.75. The Hall–Kier alpha value is -1.96. The highest BCUT2D eigenvalue weighted by atomic mass is 35.5. The van der Waals surface area contributed by atoms with Gasteiger partial charge in [0, 0.05) is 35.8 Å². The fourth-order valence-corrected chi connectivity index (χ4v) is 5.35. The van der Waals surface area contributed by atoms with Crippen LogP contribution < -0.4 is 5.32 Å². The number of halogens is 1. The summed E-state index contributed by atoms with van der Waals surface area (Å²) >= 11 is 6.02. The van der Waals surface area contributed by atoms with Crippen molar-refractivity contribution in [2.45, 2.75) is 43.0 Å². The highest BCUT2D eigenvalue weighted by Crippen LogP contribution is 2.31. The van der Waals surface area contributed by atoms with Crippen molar-refractivity contribution in [2.24, 2.45) is 0 Å². The summed E-state index contributed by atoms with van der Waals surface area (Å²) in [6.07, 6.45) is 1.29. The predicted octanol–water partition coefficient (Wildman–Crippen LogP) is 2.73. The van der Waals surface area contributed by atoms with Gasteiger partial charge in [-0.2, -0.15) is 5.10 Å². The highest BCUT2D eigenvalue weighted by Gasteiger charge is 2.30. The van der Waals surface area contributed by atoms with Crippen LogP contribution in [-0.4, -0.2) is 29.6 Å². The molecule has 0 amide bonds. The van der Waals surface area contributed by atoms with E-state index in [4.69, 9.17) is 11.6 Å². The second-order valence-electron chi connectivity index (χ2n) is 6.37. The van der Waals surface area contributed by atoms with E-state index in [0.29, 0.717) is 22.8 Å². The molecule has 0 spiro atoms. The lowest BCUT2D eigenvalue weighted by atomic mass is 10.1. The van der Waals surface area contributed by atoms with Crippen LogP contribution in [0.2, 0.25) is 5.02 Å². The van der Waals surface area contributed by atoms with Crippen LogP contribution in [0.1, 0.15) is 29.6 Å². The van der Waals surface area contributed by atoms with Gasteiger partial charge in [0.05, 0.1) is 16.3 Å². The van der Waals surface area contributed by atoms with E-state index in [1.54, 1.807) is 22.7 Å². The van der Waals surface area contributed by atoms with Gasteiger partial charge in [0.15, 0.2) is 5.65 Å². The normalized spacial score (nSPS) is 14.6. The first kappa shape index (κ1) is 17.5. The minimum absolute atomic E-state index is 0.161. The van der Waals surface area contributed by atoms with Crippen LogP contribution >= 0.6 is 11.6 Å². The fraction of sp³-hybridized carbons (Fsp3) is 0.333. The van der Waals surface area contributed by atoms with E-state index in [2.05, 4.69) is 15.4 Å². The largest absolute Gasteiger partial charge is 0.312 e. The summed E-state index contributed by atoms with van der Waals surface area (Å²) in [5.41, 5.74) is 3.91. The maximum absolute atomic E-state index is 13.4. The first-order chi connectivity index (χ1) is 12.4. The van der Waals surface area contributed by atoms with Gasteiger partial charge in [-0.15, -0.1) is 0 Å². The van der Waals surface area contributed by atoms with Crippen LogP contribution in [0.3, 0.4) is 0 Å². The summed E-state index contributed by atoms with van der Waals surface area (Å²) in [5, 5.41) is 8.33. The molecule has 4 rings (SSSR count). The monoisotopic (exact) mass is 390 g/mol. The zero-order valence-corrected chi connectivity index (χ0v) is 16.2. The minimum Gasteiger partial charge on any atom is -0.312 e. The second-order valence-corrected chi connectivity index (χ2v) is 8.70. The number of rotatable bonds is 3. The molecule has 1 aliphatic heterocycles. The zero-order valence-electron chi connectivity index (χ0n) is 14.6. The second kappa shape index (κ2) is 6.33. The molecule has 3 aromatic rings. The standard InChI is InChI=1S/C18H19ClN4O2S/c1-3-15-17(26(24,25)13-6-4-5-12(19)9-13)18-21-11(2)14-10-20-8-7-16(14)23(18)22-15/h4-6,9,20H,3,7-8,10H2,1-2H3. The number of fused-ring (bicyclic) bond motifs is 3. The molecule has 1 N–H and O–H groups in total. The van der Waals surface area contributed by atoms with Crippen molar-refractivity contribution < 1.29 is 8.42 Å². The maximum atomic E-state index is 13.4. The lowest BCUT2D eigenvalue weighted by Crippen LogP contribution is -2.27. The van der Waals surface area contributed by atoms with Crippen LogP contribution in [0.15, 0.2) is 34.1 Å². The first-order valence-electron chi connectivity index (χ1n) is 8.54. The molecule has 0 bridgehead atoms. The minimum atomic E-state index is -3.78. The average molecular weight is 391 g/mol. The number of benzene rings is 1. The summed E-state index contributed by atoms with van der Waals surface area (Å²) in [5.74, 6) is 0. The molecule has 0 aliphatic carbocycles. The van der Waals surface area contributed by atoms with Crippen LogP contribution in [0.5, 0.6) is 0 Å². The van der Waals surface area contributed by atoms with Gasteiger partial charge in [-0.25, -0.2) is 17.9 Å². The van der Waals surface area contributed by atoms with Gasteiger partial charge in [-0.3, -0.25) is 0 Å².